The number of carbonyl (C=O) groups is 2. The third-order valence-electron chi connectivity index (χ3n) is 7.53. The molecule has 0 atom stereocenters. The van der Waals surface area contributed by atoms with Crippen molar-refractivity contribution in [1.82, 2.24) is 14.2 Å². The van der Waals surface area contributed by atoms with E-state index < -0.39 is 52.3 Å². The molecule has 7 nitrogen and oxygen atoms in total. The number of phenolic OH excluding ortho intramolecular Hbond substituents is 1. The molecule has 0 bridgehead atoms. The second kappa shape index (κ2) is 14.4. The Labute approximate surface area is 256 Å². The van der Waals surface area contributed by atoms with Crippen LogP contribution in [0, 0.1) is 29.1 Å². The summed E-state index contributed by atoms with van der Waals surface area (Å²) in [6.07, 6.45) is 7.46. The third-order valence-corrected chi connectivity index (χ3v) is 8.72. The zero-order valence-corrected chi connectivity index (χ0v) is 25.4. The zero-order valence-electron chi connectivity index (χ0n) is 24.5. The predicted octanol–water partition coefficient (Wildman–Crippen LogP) is 6.79. The van der Waals surface area contributed by atoms with Crippen molar-refractivity contribution in [2.45, 2.75) is 56.4 Å². The first-order valence-corrected chi connectivity index (χ1v) is 14.9. The van der Waals surface area contributed by atoms with Crippen molar-refractivity contribution in [2.75, 3.05) is 32.1 Å². The predicted molar refractivity (Wildman–Crippen MR) is 157 cm³/mol. The second-order valence-electron chi connectivity index (χ2n) is 10.7. The lowest BCUT2D eigenvalue weighted by Crippen LogP contribution is -2.38. The molecule has 1 saturated carbocycles. The van der Waals surface area contributed by atoms with Crippen molar-refractivity contribution in [2.24, 2.45) is 0 Å². The minimum Gasteiger partial charge on any atom is -0.507 e. The molecule has 1 heterocycles. The molecule has 1 aromatic heterocycles. The average molecular weight is 637 g/mol. The van der Waals surface area contributed by atoms with Gasteiger partial charge in [0, 0.05) is 38.6 Å². The van der Waals surface area contributed by atoms with Gasteiger partial charge in [-0.1, -0.05) is 32.3 Å². The number of likely N-dealkylation sites (N-methyl/N-ethyl adjacent to an activating group) is 1. The molecule has 0 aliphatic heterocycles. The van der Waals surface area contributed by atoms with Crippen LogP contribution in [0.15, 0.2) is 41.4 Å². The van der Waals surface area contributed by atoms with Crippen molar-refractivity contribution < 1.29 is 36.6 Å². The quantitative estimate of drug-likeness (QED) is 0.114. The number of nitrogens with zero attached hydrogens (tertiary/aromatic N) is 4. The summed E-state index contributed by atoms with van der Waals surface area (Å²) in [7, 11) is 3.05. The number of phenols is 1. The summed E-state index contributed by atoms with van der Waals surface area (Å²) in [4.78, 5) is 32.1. The van der Waals surface area contributed by atoms with Crippen LogP contribution in [0.5, 0.6) is 5.75 Å². The van der Waals surface area contributed by atoms with E-state index in [9.17, 15) is 36.6 Å². The van der Waals surface area contributed by atoms with Gasteiger partial charge in [-0.05, 0) is 54.5 Å². The Morgan fingerprint density at radius 3 is 2.11 bits per heavy atom. The molecule has 1 aliphatic rings. The molecule has 4 rings (SSSR count). The first-order chi connectivity index (χ1) is 20.9. The van der Waals surface area contributed by atoms with E-state index in [1.54, 1.807) is 19.2 Å². The summed E-state index contributed by atoms with van der Waals surface area (Å²) in [5.74, 6) is -11.5. The van der Waals surface area contributed by atoms with Gasteiger partial charge < -0.3 is 14.9 Å². The van der Waals surface area contributed by atoms with Gasteiger partial charge in [-0.15, -0.1) is 0 Å². The van der Waals surface area contributed by atoms with Gasteiger partial charge in [0.05, 0.1) is 24.3 Å². The van der Waals surface area contributed by atoms with Gasteiger partial charge in [0.2, 0.25) is 11.7 Å². The Morgan fingerprint density at radius 2 is 1.57 bits per heavy atom. The SMILES string of the molecule is CCN(CC(=O)N(Cc1ccc(C2CCCCC2)cn1)c1ccc(C(=O)N(C)C)c(O)c1)Sc1c(F)c(F)c(F)c(F)c1F. The summed E-state index contributed by atoms with van der Waals surface area (Å²) in [6.45, 7) is 0.990. The molecule has 3 aromatic rings. The number of halogens is 5. The number of anilines is 1. The minimum absolute atomic E-state index is 0.000396. The molecule has 1 N–H and O–H groups in total. The number of aromatic nitrogens is 1. The van der Waals surface area contributed by atoms with Crippen molar-refractivity contribution >= 4 is 29.4 Å². The maximum atomic E-state index is 14.4. The highest BCUT2D eigenvalue weighted by molar-refractivity contribution is 7.97. The summed E-state index contributed by atoms with van der Waals surface area (Å²) >= 11 is 0.231. The van der Waals surface area contributed by atoms with E-state index in [0.717, 1.165) is 35.6 Å². The molecule has 2 aromatic carbocycles. The van der Waals surface area contributed by atoms with Crippen LogP contribution in [0.3, 0.4) is 0 Å². The van der Waals surface area contributed by atoms with Crippen molar-refractivity contribution in [3.05, 3.63) is 82.4 Å². The topological polar surface area (TPSA) is 77.0 Å². The van der Waals surface area contributed by atoms with E-state index in [0.29, 0.717) is 11.6 Å². The summed E-state index contributed by atoms with van der Waals surface area (Å²) in [6, 6.07) is 7.86. The molecule has 236 valence electrons. The molecule has 0 radical (unpaired) electrons. The van der Waals surface area contributed by atoms with Crippen LogP contribution < -0.4 is 4.90 Å². The largest absolute Gasteiger partial charge is 0.507 e. The Balaban J connectivity index is 1.63. The van der Waals surface area contributed by atoms with Crippen LogP contribution in [0.25, 0.3) is 0 Å². The Bertz CT molecular complexity index is 1490. The minimum atomic E-state index is -2.27. The van der Waals surface area contributed by atoms with Gasteiger partial charge in [0.25, 0.3) is 5.91 Å². The van der Waals surface area contributed by atoms with Crippen LogP contribution in [-0.4, -0.2) is 58.3 Å². The maximum Gasteiger partial charge on any atom is 0.257 e. The third kappa shape index (κ3) is 7.32. The zero-order chi connectivity index (χ0) is 32.1. The fourth-order valence-electron chi connectivity index (χ4n) is 5.04. The van der Waals surface area contributed by atoms with E-state index in [4.69, 9.17) is 0 Å². The first-order valence-electron chi connectivity index (χ1n) is 14.2. The lowest BCUT2D eigenvalue weighted by molar-refractivity contribution is -0.118. The number of hydrogen-bond donors (Lipinski definition) is 1. The molecule has 2 amide bonds. The molecule has 0 spiro atoms. The molecule has 1 aliphatic carbocycles. The monoisotopic (exact) mass is 636 g/mol. The number of benzene rings is 2. The molecular formula is C31H33F5N4O3S. The summed E-state index contributed by atoms with van der Waals surface area (Å²) in [5.41, 5.74) is 1.84. The van der Waals surface area contributed by atoms with E-state index in [1.165, 1.54) is 48.5 Å². The van der Waals surface area contributed by atoms with Crippen molar-refractivity contribution in [3.63, 3.8) is 0 Å². The fraction of sp³-hybridized carbons (Fsp3) is 0.387. The summed E-state index contributed by atoms with van der Waals surface area (Å²) in [5, 5.41) is 10.6. The van der Waals surface area contributed by atoms with Gasteiger partial charge in [-0.3, -0.25) is 14.6 Å². The number of amides is 2. The average Bonchev–Trinajstić information content (AvgIpc) is 3.03. The van der Waals surface area contributed by atoms with E-state index in [-0.39, 0.29) is 42.0 Å². The highest BCUT2D eigenvalue weighted by Gasteiger charge is 2.29. The maximum absolute atomic E-state index is 14.4. The number of aromatic hydroxyl groups is 1. The lowest BCUT2D eigenvalue weighted by atomic mass is 9.85. The van der Waals surface area contributed by atoms with Crippen LogP contribution in [-0.2, 0) is 11.3 Å². The second-order valence-corrected chi connectivity index (χ2v) is 11.9. The Hall–Kier alpha value is -3.71. The number of pyridine rings is 1. The van der Waals surface area contributed by atoms with Crippen molar-refractivity contribution in [1.29, 1.82) is 0 Å². The Morgan fingerprint density at radius 1 is 0.932 bits per heavy atom. The number of carbonyl (C=O) groups excluding carboxylic acids is 2. The molecule has 1 fully saturated rings. The fourth-order valence-corrected chi connectivity index (χ4v) is 5.94. The molecule has 0 unspecified atom stereocenters. The molecule has 13 heteroatoms. The highest BCUT2D eigenvalue weighted by Crippen LogP contribution is 2.35. The van der Waals surface area contributed by atoms with Crippen LogP contribution in [0.2, 0.25) is 0 Å². The number of hydrogen-bond acceptors (Lipinski definition) is 6. The summed E-state index contributed by atoms with van der Waals surface area (Å²) < 4.78 is 71.1. The highest BCUT2D eigenvalue weighted by atomic mass is 32.2. The standard InChI is InChI=1S/C31H33F5N4O3S/c1-4-39(44-30-28(35)26(33)25(32)27(34)29(30)36)17-24(42)40(21-12-13-22(23(41)14-21)31(43)38(2)3)16-20-11-10-19(15-37-20)18-8-6-5-7-9-18/h10-15,18,41H,4-9,16-17H2,1-3H3. The van der Waals surface area contributed by atoms with Crippen LogP contribution in [0.1, 0.15) is 66.6 Å². The van der Waals surface area contributed by atoms with Gasteiger partial charge in [0.15, 0.2) is 23.3 Å². The molecular weight excluding hydrogens is 603 g/mol. The smallest absolute Gasteiger partial charge is 0.257 e. The van der Waals surface area contributed by atoms with E-state index in [2.05, 4.69) is 4.98 Å². The van der Waals surface area contributed by atoms with Crippen LogP contribution >= 0.6 is 11.9 Å². The van der Waals surface area contributed by atoms with Gasteiger partial charge in [0.1, 0.15) is 10.6 Å². The van der Waals surface area contributed by atoms with Gasteiger partial charge in [-0.2, -0.15) is 0 Å². The Kier molecular flexibility index (Phi) is 10.8. The normalized spacial score (nSPS) is 13.8. The van der Waals surface area contributed by atoms with Gasteiger partial charge in [-0.25, -0.2) is 26.3 Å². The van der Waals surface area contributed by atoms with E-state index in [1.807, 2.05) is 6.07 Å². The van der Waals surface area contributed by atoms with Gasteiger partial charge >= 0.3 is 0 Å². The van der Waals surface area contributed by atoms with Crippen LogP contribution in [0.4, 0.5) is 27.6 Å². The number of rotatable bonds is 10. The first kappa shape index (κ1) is 33.2. The van der Waals surface area contributed by atoms with Crippen molar-refractivity contribution in [3.8, 4) is 5.75 Å². The lowest BCUT2D eigenvalue weighted by Gasteiger charge is -2.27. The molecule has 44 heavy (non-hydrogen) atoms. The molecule has 0 saturated heterocycles. The van der Waals surface area contributed by atoms with E-state index >= 15 is 0 Å².